The lowest BCUT2D eigenvalue weighted by atomic mass is 9.93. The molecule has 1 atom stereocenters. The zero-order valence-electron chi connectivity index (χ0n) is 10.4. The normalized spacial score (nSPS) is 18.3. The monoisotopic (exact) mass is 250 g/mol. The van der Waals surface area contributed by atoms with Crippen molar-refractivity contribution in [1.82, 2.24) is 15.3 Å². The molecule has 0 aliphatic carbocycles. The van der Waals surface area contributed by atoms with E-state index in [-0.39, 0.29) is 23.5 Å². The van der Waals surface area contributed by atoms with Gasteiger partial charge in [0.2, 0.25) is 0 Å². The first kappa shape index (κ1) is 12.8. The van der Waals surface area contributed by atoms with Crippen LogP contribution in [0.1, 0.15) is 30.3 Å². The average molecular weight is 250 g/mol. The number of amides is 1. The highest BCUT2D eigenvalue weighted by Gasteiger charge is 2.22. The van der Waals surface area contributed by atoms with Crippen LogP contribution in [0, 0.1) is 5.92 Å². The molecule has 0 spiro atoms. The van der Waals surface area contributed by atoms with Gasteiger partial charge in [-0.25, -0.2) is 4.98 Å². The van der Waals surface area contributed by atoms with Gasteiger partial charge < -0.3 is 15.8 Å². The summed E-state index contributed by atoms with van der Waals surface area (Å²) >= 11 is 0. The Morgan fingerprint density at radius 1 is 1.50 bits per heavy atom. The summed E-state index contributed by atoms with van der Waals surface area (Å²) in [5.41, 5.74) is 5.76. The number of carbonyl (C=O) groups excluding carboxylic acids is 1. The van der Waals surface area contributed by atoms with Gasteiger partial charge in [0, 0.05) is 19.3 Å². The van der Waals surface area contributed by atoms with Crippen molar-refractivity contribution >= 4 is 11.7 Å². The molecule has 1 aliphatic rings. The highest BCUT2D eigenvalue weighted by molar-refractivity contribution is 5.92. The molecule has 2 rings (SSSR count). The van der Waals surface area contributed by atoms with Crippen LogP contribution in [-0.4, -0.2) is 35.1 Å². The molecule has 3 N–H and O–H groups in total. The number of ether oxygens (including phenoxy) is 1. The van der Waals surface area contributed by atoms with Crippen molar-refractivity contribution in [1.29, 1.82) is 0 Å². The van der Waals surface area contributed by atoms with Crippen LogP contribution in [0.3, 0.4) is 0 Å². The average Bonchev–Trinajstić information content (AvgIpc) is 2.39. The maximum atomic E-state index is 11.9. The number of hydrogen-bond acceptors (Lipinski definition) is 5. The van der Waals surface area contributed by atoms with Crippen LogP contribution in [0.4, 0.5) is 5.82 Å². The van der Waals surface area contributed by atoms with E-state index in [1.165, 1.54) is 12.4 Å². The van der Waals surface area contributed by atoms with Crippen LogP contribution in [0.15, 0.2) is 12.4 Å². The summed E-state index contributed by atoms with van der Waals surface area (Å²) in [7, 11) is 0. The summed E-state index contributed by atoms with van der Waals surface area (Å²) < 4.78 is 5.30. The minimum absolute atomic E-state index is 0.102. The fraction of sp³-hybridized carbons (Fsp3) is 0.583. The van der Waals surface area contributed by atoms with E-state index in [1.807, 2.05) is 6.92 Å². The standard InChI is InChI=1S/C12H18N4O2/c1-8(9-2-4-18-5-3-9)15-12(17)10-6-14-7-11(13)16-10/h6-9H,2-5H2,1H3,(H2,13,16)(H,15,17). The van der Waals surface area contributed by atoms with Crippen LogP contribution in [0.5, 0.6) is 0 Å². The summed E-state index contributed by atoms with van der Waals surface area (Å²) in [5, 5.41) is 2.94. The predicted molar refractivity (Wildman–Crippen MR) is 66.9 cm³/mol. The number of hydrogen-bond donors (Lipinski definition) is 2. The third-order valence-electron chi connectivity index (χ3n) is 3.22. The second-order valence-corrected chi connectivity index (χ2v) is 4.54. The molecule has 6 heteroatoms. The maximum absolute atomic E-state index is 11.9. The van der Waals surface area contributed by atoms with E-state index in [4.69, 9.17) is 10.5 Å². The number of nitrogens with two attached hydrogens (primary N) is 1. The Hall–Kier alpha value is -1.69. The van der Waals surface area contributed by atoms with E-state index in [0.717, 1.165) is 26.1 Å². The SMILES string of the molecule is CC(NC(=O)c1cncc(N)n1)C1CCOCC1. The van der Waals surface area contributed by atoms with E-state index in [2.05, 4.69) is 15.3 Å². The zero-order chi connectivity index (χ0) is 13.0. The first-order chi connectivity index (χ1) is 8.66. The molecule has 1 amide bonds. The molecule has 0 radical (unpaired) electrons. The Balaban J connectivity index is 1.94. The Morgan fingerprint density at radius 3 is 2.89 bits per heavy atom. The summed E-state index contributed by atoms with van der Waals surface area (Å²) in [6.07, 6.45) is 4.79. The molecule has 98 valence electrons. The molecule has 1 fully saturated rings. The van der Waals surface area contributed by atoms with Gasteiger partial charge >= 0.3 is 0 Å². The molecule has 2 heterocycles. The van der Waals surface area contributed by atoms with E-state index in [0.29, 0.717) is 5.92 Å². The second-order valence-electron chi connectivity index (χ2n) is 4.54. The number of carbonyl (C=O) groups is 1. The van der Waals surface area contributed by atoms with Gasteiger partial charge in [0.1, 0.15) is 11.5 Å². The van der Waals surface area contributed by atoms with Crippen molar-refractivity contribution in [3.05, 3.63) is 18.1 Å². The van der Waals surface area contributed by atoms with Crippen molar-refractivity contribution in [2.75, 3.05) is 18.9 Å². The molecule has 1 aromatic rings. The largest absolute Gasteiger partial charge is 0.382 e. The number of nitrogen functional groups attached to an aromatic ring is 1. The van der Waals surface area contributed by atoms with Crippen molar-refractivity contribution < 1.29 is 9.53 Å². The maximum Gasteiger partial charge on any atom is 0.271 e. The second kappa shape index (κ2) is 5.77. The minimum Gasteiger partial charge on any atom is -0.382 e. The van der Waals surface area contributed by atoms with Gasteiger partial charge in [-0.15, -0.1) is 0 Å². The van der Waals surface area contributed by atoms with E-state index >= 15 is 0 Å². The first-order valence-electron chi connectivity index (χ1n) is 6.13. The highest BCUT2D eigenvalue weighted by atomic mass is 16.5. The molecule has 1 aliphatic heterocycles. The van der Waals surface area contributed by atoms with Gasteiger partial charge in [-0.05, 0) is 25.7 Å². The van der Waals surface area contributed by atoms with E-state index in [9.17, 15) is 4.79 Å². The third-order valence-corrected chi connectivity index (χ3v) is 3.22. The van der Waals surface area contributed by atoms with Gasteiger partial charge in [0.15, 0.2) is 0 Å². The predicted octanol–water partition coefficient (Wildman–Crippen LogP) is 0.604. The third kappa shape index (κ3) is 3.16. The Bertz CT molecular complexity index is 418. The lowest BCUT2D eigenvalue weighted by Gasteiger charge is -2.28. The molecule has 1 saturated heterocycles. The van der Waals surface area contributed by atoms with Gasteiger partial charge in [-0.2, -0.15) is 0 Å². The van der Waals surface area contributed by atoms with Crippen molar-refractivity contribution in [3.63, 3.8) is 0 Å². The lowest BCUT2D eigenvalue weighted by molar-refractivity contribution is 0.0537. The van der Waals surface area contributed by atoms with E-state index in [1.54, 1.807) is 0 Å². The number of aromatic nitrogens is 2. The molecule has 0 saturated carbocycles. The van der Waals surface area contributed by atoms with Gasteiger partial charge in [0.25, 0.3) is 5.91 Å². The van der Waals surface area contributed by atoms with Crippen molar-refractivity contribution in [2.45, 2.75) is 25.8 Å². The van der Waals surface area contributed by atoms with Crippen LogP contribution >= 0.6 is 0 Å². The van der Waals surface area contributed by atoms with Crippen LogP contribution < -0.4 is 11.1 Å². The number of rotatable bonds is 3. The molecule has 0 aromatic carbocycles. The molecular formula is C12H18N4O2. The number of anilines is 1. The Morgan fingerprint density at radius 2 is 2.22 bits per heavy atom. The molecule has 1 unspecified atom stereocenters. The van der Waals surface area contributed by atoms with Gasteiger partial charge in [0.05, 0.1) is 12.4 Å². The van der Waals surface area contributed by atoms with Gasteiger partial charge in [-0.3, -0.25) is 9.78 Å². The van der Waals surface area contributed by atoms with Crippen LogP contribution in [0.25, 0.3) is 0 Å². The van der Waals surface area contributed by atoms with E-state index < -0.39 is 0 Å². The van der Waals surface area contributed by atoms with Gasteiger partial charge in [-0.1, -0.05) is 0 Å². The van der Waals surface area contributed by atoms with Crippen LogP contribution in [-0.2, 0) is 4.74 Å². The molecule has 6 nitrogen and oxygen atoms in total. The Kier molecular flexibility index (Phi) is 4.09. The summed E-state index contributed by atoms with van der Waals surface area (Å²) in [6.45, 7) is 3.54. The quantitative estimate of drug-likeness (QED) is 0.820. The molecule has 0 bridgehead atoms. The number of nitrogens with one attached hydrogen (secondary N) is 1. The molecular weight excluding hydrogens is 232 g/mol. The topological polar surface area (TPSA) is 90.1 Å². The summed E-state index contributed by atoms with van der Waals surface area (Å²) in [4.78, 5) is 19.8. The summed E-state index contributed by atoms with van der Waals surface area (Å²) in [6, 6.07) is 0.102. The first-order valence-corrected chi connectivity index (χ1v) is 6.13. The highest BCUT2D eigenvalue weighted by Crippen LogP contribution is 2.18. The summed E-state index contributed by atoms with van der Waals surface area (Å²) in [5.74, 6) is 0.479. The van der Waals surface area contributed by atoms with Crippen LogP contribution in [0.2, 0.25) is 0 Å². The van der Waals surface area contributed by atoms with Crippen molar-refractivity contribution in [2.24, 2.45) is 5.92 Å². The fourth-order valence-corrected chi connectivity index (χ4v) is 2.10. The lowest BCUT2D eigenvalue weighted by Crippen LogP contribution is -2.40. The molecule has 18 heavy (non-hydrogen) atoms. The fourth-order valence-electron chi connectivity index (χ4n) is 2.10. The number of nitrogens with zero attached hydrogens (tertiary/aromatic N) is 2. The molecule has 1 aromatic heterocycles. The Labute approximate surface area is 106 Å². The van der Waals surface area contributed by atoms with Crippen molar-refractivity contribution in [3.8, 4) is 0 Å². The zero-order valence-corrected chi connectivity index (χ0v) is 10.4. The smallest absolute Gasteiger partial charge is 0.271 e. The minimum atomic E-state index is -0.228.